The predicted octanol–water partition coefficient (Wildman–Crippen LogP) is 2.85. The smallest absolute Gasteiger partial charge is 0.238 e. The highest BCUT2D eigenvalue weighted by atomic mass is 35.5. The first-order valence-electron chi connectivity index (χ1n) is 7.88. The van der Waals surface area contributed by atoms with Crippen LogP contribution in [0.3, 0.4) is 0 Å². The van der Waals surface area contributed by atoms with E-state index in [-0.39, 0.29) is 18.3 Å². The monoisotopic (exact) mass is 325 g/mol. The van der Waals surface area contributed by atoms with Gasteiger partial charge in [0, 0.05) is 24.8 Å². The second-order valence-corrected chi connectivity index (χ2v) is 6.16. The first-order chi connectivity index (χ1) is 10.1. The molecule has 0 aliphatic carbocycles. The van der Waals surface area contributed by atoms with Crippen molar-refractivity contribution in [1.82, 2.24) is 10.2 Å². The number of likely N-dealkylation sites (tertiary alicyclic amines) is 1. The molecule has 4 nitrogen and oxygen atoms in total. The van der Waals surface area contributed by atoms with Crippen LogP contribution in [0.25, 0.3) is 0 Å². The van der Waals surface area contributed by atoms with E-state index in [0.717, 1.165) is 31.6 Å². The van der Waals surface area contributed by atoms with E-state index in [2.05, 4.69) is 41.5 Å². The summed E-state index contributed by atoms with van der Waals surface area (Å²) in [4.78, 5) is 14.3. The third-order valence-corrected chi connectivity index (χ3v) is 4.22. The summed E-state index contributed by atoms with van der Waals surface area (Å²) in [5.41, 5.74) is 2.18. The Morgan fingerprint density at radius 1 is 1.23 bits per heavy atom. The number of halogens is 1. The van der Waals surface area contributed by atoms with E-state index in [4.69, 9.17) is 0 Å². The Bertz CT molecular complexity index is 453. The largest absolute Gasteiger partial charge is 0.325 e. The molecular formula is C17H28ClN3O. The van der Waals surface area contributed by atoms with E-state index in [1.54, 1.807) is 0 Å². The fraction of sp³-hybridized carbons (Fsp3) is 0.588. The number of benzene rings is 1. The van der Waals surface area contributed by atoms with Gasteiger partial charge in [0.05, 0.1) is 6.54 Å². The molecule has 1 heterocycles. The first-order valence-corrected chi connectivity index (χ1v) is 7.88. The molecule has 5 heteroatoms. The molecule has 2 rings (SSSR count). The Kier molecular flexibility index (Phi) is 7.87. The van der Waals surface area contributed by atoms with Gasteiger partial charge >= 0.3 is 0 Å². The molecule has 1 saturated heterocycles. The molecule has 1 aliphatic heterocycles. The molecule has 0 radical (unpaired) electrons. The van der Waals surface area contributed by atoms with Crippen molar-refractivity contribution in [2.75, 3.05) is 32.0 Å². The zero-order valence-electron chi connectivity index (χ0n) is 13.8. The Hall–Kier alpha value is -1.10. The fourth-order valence-electron chi connectivity index (χ4n) is 2.73. The maximum Gasteiger partial charge on any atom is 0.238 e. The lowest BCUT2D eigenvalue weighted by Gasteiger charge is -2.31. The van der Waals surface area contributed by atoms with Crippen molar-refractivity contribution in [3.8, 4) is 0 Å². The second kappa shape index (κ2) is 9.13. The lowest BCUT2D eigenvalue weighted by Crippen LogP contribution is -2.44. The Labute approximate surface area is 140 Å². The Morgan fingerprint density at radius 2 is 1.82 bits per heavy atom. The molecule has 0 atom stereocenters. The van der Waals surface area contributed by atoms with Gasteiger partial charge in [0.25, 0.3) is 0 Å². The highest BCUT2D eigenvalue weighted by Crippen LogP contribution is 2.17. The topological polar surface area (TPSA) is 44.4 Å². The van der Waals surface area contributed by atoms with Gasteiger partial charge in [0.1, 0.15) is 0 Å². The number of nitrogens with one attached hydrogen (secondary N) is 2. The molecule has 1 aliphatic rings. The molecule has 2 N–H and O–H groups in total. The molecule has 0 spiro atoms. The standard InChI is InChI=1S/C17H27N3O.ClH/c1-13(2)14-4-6-16(7-5-14)19-17(21)12-20-10-8-15(18-3)9-11-20;/h4-7,13,15,18H,8-12H2,1-3H3,(H,19,21);1H. The quantitative estimate of drug-likeness (QED) is 0.875. The molecule has 1 fully saturated rings. The van der Waals surface area contributed by atoms with Crippen LogP contribution in [0.4, 0.5) is 5.69 Å². The Morgan fingerprint density at radius 3 is 2.32 bits per heavy atom. The highest BCUT2D eigenvalue weighted by molar-refractivity contribution is 5.92. The molecule has 0 saturated carbocycles. The third-order valence-electron chi connectivity index (χ3n) is 4.22. The van der Waals surface area contributed by atoms with Crippen LogP contribution in [0.5, 0.6) is 0 Å². The van der Waals surface area contributed by atoms with Crippen LogP contribution in [0.15, 0.2) is 24.3 Å². The maximum atomic E-state index is 12.1. The second-order valence-electron chi connectivity index (χ2n) is 6.16. The number of piperidine rings is 1. The van der Waals surface area contributed by atoms with Crippen LogP contribution in [0, 0.1) is 0 Å². The number of anilines is 1. The number of hydrogen-bond acceptors (Lipinski definition) is 3. The van der Waals surface area contributed by atoms with Crippen molar-refractivity contribution in [1.29, 1.82) is 0 Å². The molecule has 0 aromatic heterocycles. The molecule has 22 heavy (non-hydrogen) atoms. The number of amides is 1. The van der Waals surface area contributed by atoms with Crippen LogP contribution in [-0.4, -0.2) is 43.5 Å². The molecule has 124 valence electrons. The van der Waals surface area contributed by atoms with E-state index in [9.17, 15) is 4.79 Å². The summed E-state index contributed by atoms with van der Waals surface area (Å²) >= 11 is 0. The van der Waals surface area contributed by atoms with Crippen molar-refractivity contribution in [2.24, 2.45) is 0 Å². The molecular weight excluding hydrogens is 298 g/mol. The zero-order valence-corrected chi connectivity index (χ0v) is 14.6. The van der Waals surface area contributed by atoms with Crippen LogP contribution < -0.4 is 10.6 Å². The molecule has 1 amide bonds. The van der Waals surface area contributed by atoms with Gasteiger partial charge in [-0.2, -0.15) is 0 Å². The SMILES string of the molecule is CNC1CCN(CC(=O)Nc2ccc(C(C)C)cc2)CC1.Cl. The average molecular weight is 326 g/mol. The first kappa shape index (κ1) is 18.9. The summed E-state index contributed by atoms with van der Waals surface area (Å²) in [6.07, 6.45) is 2.24. The zero-order chi connectivity index (χ0) is 15.2. The minimum Gasteiger partial charge on any atom is -0.325 e. The third kappa shape index (κ3) is 5.59. The van der Waals surface area contributed by atoms with Crippen molar-refractivity contribution < 1.29 is 4.79 Å². The number of rotatable bonds is 5. The normalized spacial score (nSPS) is 16.4. The van der Waals surface area contributed by atoms with E-state index in [1.165, 1.54) is 5.56 Å². The van der Waals surface area contributed by atoms with E-state index < -0.39 is 0 Å². The number of nitrogens with zero attached hydrogens (tertiary/aromatic N) is 1. The van der Waals surface area contributed by atoms with E-state index >= 15 is 0 Å². The molecule has 1 aromatic rings. The predicted molar refractivity (Wildman–Crippen MR) is 94.9 cm³/mol. The Balaban J connectivity index is 0.00000242. The van der Waals surface area contributed by atoms with Crippen LogP contribution >= 0.6 is 12.4 Å². The van der Waals surface area contributed by atoms with Crippen molar-refractivity contribution in [3.63, 3.8) is 0 Å². The van der Waals surface area contributed by atoms with Gasteiger partial charge in [-0.15, -0.1) is 12.4 Å². The lowest BCUT2D eigenvalue weighted by atomic mass is 10.0. The van der Waals surface area contributed by atoms with Crippen molar-refractivity contribution in [2.45, 2.75) is 38.6 Å². The summed E-state index contributed by atoms with van der Waals surface area (Å²) < 4.78 is 0. The van der Waals surface area contributed by atoms with E-state index in [0.29, 0.717) is 18.5 Å². The van der Waals surface area contributed by atoms with Crippen LogP contribution in [0.1, 0.15) is 38.2 Å². The van der Waals surface area contributed by atoms with Gasteiger partial charge in [0.2, 0.25) is 5.91 Å². The van der Waals surface area contributed by atoms with Gasteiger partial charge in [-0.05, 0) is 43.5 Å². The van der Waals surface area contributed by atoms with Gasteiger partial charge in [0.15, 0.2) is 0 Å². The van der Waals surface area contributed by atoms with Gasteiger partial charge in [-0.25, -0.2) is 0 Å². The van der Waals surface area contributed by atoms with Crippen molar-refractivity contribution in [3.05, 3.63) is 29.8 Å². The average Bonchev–Trinajstić information content (AvgIpc) is 2.48. The van der Waals surface area contributed by atoms with Crippen LogP contribution in [-0.2, 0) is 4.79 Å². The molecule has 0 unspecified atom stereocenters. The summed E-state index contributed by atoms with van der Waals surface area (Å²) in [6, 6.07) is 8.74. The maximum absolute atomic E-state index is 12.1. The lowest BCUT2D eigenvalue weighted by molar-refractivity contribution is -0.117. The number of carbonyl (C=O) groups is 1. The number of hydrogen-bond donors (Lipinski definition) is 2. The minimum absolute atomic E-state index is 0. The molecule has 1 aromatic carbocycles. The summed E-state index contributed by atoms with van der Waals surface area (Å²) in [5.74, 6) is 0.596. The van der Waals surface area contributed by atoms with Gasteiger partial charge < -0.3 is 10.6 Å². The highest BCUT2D eigenvalue weighted by Gasteiger charge is 2.19. The molecule has 0 bridgehead atoms. The summed E-state index contributed by atoms with van der Waals surface area (Å²) in [6.45, 7) is 6.81. The van der Waals surface area contributed by atoms with Gasteiger partial charge in [-0.3, -0.25) is 9.69 Å². The minimum atomic E-state index is 0. The fourth-order valence-corrected chi connectivity index (χ4v) is 2.73. The van der Waals surface area contributed by atoms with E-state index in [1.807, 2.05) is 19.2 Å². The summed E-state index contributed by atoms with van der Waals surface area (Å²) in [7, 11) is 2.01. The van der Waals surface area contributed by atoms with Crippen molar-refractivity contribution >= 4 is 24.0 Å². The summed E-state index contributed by atoms with van der Waals surface area (Å²) in [5, 5.41) is 6.29. The number of carbonyl (C=O) groups excluding carboxylic acids is 1. The van der Waals surface area contributed by atoms with Gasteiger partial charge in [-0.1, -0.05) is 26.0 Å². The van der Waals surface area contributed by atoms with Crippen LogP contribution in [0.2, 0.25) is 0 Å².